The van der Waals surface area contributed by atoms with Gasteiger partial charge in [-0.1, -0.05) is 23.7 Å². The highest BCUT2D eigenvalue weighted by molar-refractivity contribution is 6.30. The number of carbonyl (C=O) groups excluding carboxylic acids is 1. The van der Waals surface area contributed by atoms with Crippen LogP contribution in [0, 0.1) is 5.82 Å². The number of nitrogens with one attached hydrogen (secondary N) is 1. The monoisotopic (exact) mass is 308 g/mol. The summed E-state index contributed by atoms with van der Waals surface area (Å²) in [5.74, 6) is -0.343. The van der Waals surface area contributed by atoms with Gasteiger partial charge in [-0.25, -0.2) is 4.39 Å². The van der Waals surface area contributed by atoms with Crippen LogP contribution in [0.3, 0.4) is 0 Å². The molecule has 0 saturated carbocycles. The predicted octanol–water partition coefficient (Wildman–Crippen LogP) is 2.96. The summed E-state index contributed by atoms with van der Waals surface area (Å²) in [4.78, 5) is 10.6. The summed E-state index contributed by atoms with van der Waals surface area (Å²) in [7, 11) is 0. The van der Waals surface area contributed by atoms with Gasteiger partial charge in [-0.2, -0.15) is 0 Å². The van der Waals surface area contributed by atoms with Crippen LogP contribution in [0.15, 0.2) is 42.5 Å². The number of halogens is 2. The zero-order valence-electron chi connectivity index (χ0n) is 11.1. The van der Waals surface area contributed by atoms with Gasteiger partial charge in [-0.3, -0.25) is 4.79 Å². The highest BCUT2D eigenvalue weighted by Crippen LogP contribution is 2.20. The molecule has 0 atom stereocenters. The van der Waals surface area contributed by atoms with Gasteiger partial charge >= 0.3 is 0 Å². The van der Waals surface area contributed by atoms with Crippen LogP contribution in [0.5, 0.6) is 5.75 Å². The van der Waals surface area contributed by atoms with Crippen molar-refractivity contribution in [2.75, 3.05) is 11.9 Å². The minimum Gasteiger partial charge on any atom is -0.484 e. The molecule has 0 unspecified atom stereocenters. The van der Waals surface area contributed by atoms with Gasteiger partial charge in [0, 0.05) is 11.6 Å². The third kappa shape index (κ3) is 4.65. The molecular formula is C15H14ClFN2O2. The first-order valence-electron chi connectivity index (χ1n) is 6.23. The van der Waals surface area contributed by atoms with Crippen LogP contribution in [0.2, 0.25) is 5.02 Å². The fourth-order valence-electron chi connectivity index (χ4n) is 1.69. The lowest BCUT2D eigenvalue weighted by molar-refractivity contribution is -0.119. The van der Waals surface area contributed by atoms with Gasteiger partial charge < -0.3 is 15.8 Å². The van der Waals surface area contributed by atoms with E-state index in [-0.39, 0.29) is 12.4 Å². The minimum absolute atomic E-state index is 0.161. The van der Waals surface area contributed by atoms with E-state index >= 15 is 0 Å². The van der Waals surface area contributed by atoms with Gasteiger partial charge in [0.25, 0.3) is 5.91 Å². The van der Waals surface area contributed by atoms with Crippen molar-refractivity contribution in [2.45, 2.75) is 6.54 Å². The quantitative estimate of drug-likeness (QED) is 0.862. The van der Waals surface area contributed by atoms with Crippen LogP contribution >= 0.6 is 11.6 Å². The van der Waals surface area contributed by atoms with Crippen molar-refractivity contribution in [3.05, 3.63) is 58.9 Å². The largest absolute Gasteiger partial charge is 0.484 e. The highest BCUT2D eigenvalue weighted by atomic mass is 35.5. The number of anilines is 1. The van der Waals surface area contributed by atoms with Crippen LogP contribution in [0.1, 0.15) is 5.56 Å². The molecule has 0 aliphatic heterocycles. The van der Waals surface area contributed by atoms with Crippen molar-refractivity contribution in [1.29, 1.82) is 0 Å². The number of benzene rings is 2. The molecule has 0 saturated heterocycles. The van der Waals surface area contributed by atoms with Crippen LogP contribution in [0.25, 0.3) is 0 Å². The molecule has 0 spiro atoms. The Morgan fingerprint density at radius 1 is 1.24 bits per heavy atom. The van der Waals surface area contributed by atoms with Crippen LogP contribution in [-0.2, 0) is 11.3 Å². The summed E-state index contributed by atoms with van der Waals surface area (Å²) in [5.41, 5.74) is 6.26. The van der Waals surface area contributed by atoms with Crippen LogP contribution in [-0.4, -0.2) is 12.5 Å². The standard InChI is InChI=1S/C15H14ClFN2O2/c16-11-3-6-13(17)14(7-11)19-8-10-1-4-12(5-2-10)21-9-15(18)20/h1-7,19H,8-9H2,(H2,18,20). The molecule has 6 heteroatoms. The molecule has 110 valence electrons. The second kappa shape index (κ2) is 6.95. The lowest BCUT2D eigenvalue weighted by Gasteiger charge is -2.09. The molecule has 0 radical (unpaired) electrons. The molecule has 0 bridgehead atoms. The first kappa shape index (κ1) is 15.1. The number of amides is 1. The van der Waals surface area contributed by atoms with Gasteiger partial charge in [0.15, 0.2) is 6.61 Å². The molecule has 2 rings (SSSR count). The highest BCUT2D eigenvalue weighted by Gasteiger charge is 2.03. The van der Waals surface area contributed by atoms with Gasteiger partial charge in [-0.05, 0) is 35.9 Å². The molecule has 0 aromatic heterocycles. The Morgan fingerprint density at radius 3 is 2.62 bits per heavy atom. The first-order chi connectivity index (χ1) is 10.0. The van der Waals surface area contributed by atoms with Crippen molar-refractivity contribution in [3.63, 3.8) is 0 Å². The molecule has 0 aliphatic rings. The average Bonchev–Trinajstić information content (AvgIpc) is 2.47. The second-order valence-electron chi connectivity index (χ2n) is 4.38. The Morgan fingerprint density at radius 2 is 1.95 bits per heavy atom. The van der Waals surface area contributed by atoms with E-state index in [1.165, 1.54) is 18.2 Å². The van der Waals surface area contributed by atoms with E-state index in [1.54, 1.807) is 12.1 Å². The Labute approximate surface area is 126 Å². The molecule has 1 amide bonds. The maximum Gasteiger partial charge on any atom is 0.255 e. The summed E-state index contributed by atoms with van der Waals surface area (Å²) in [5, 5.41) is 3.43. The third-order valence-corrected chi connectivity index (χ3v) is 2.95. The number of ether oxygens (including phenoxy) is 1. The van der Waals surface area contributed by atoms with Gasteiger partial charge in [-0.15, -0.1) is 0 Å². The zero-order chi connectivity index (χ0) is 15.2. The van der Waals surface area contributed by atoms with E-state index in [0.29, 0.717) is 23.0 Å². The van der Waals surface area contributed by atoms with E-state index in [4.69, 9.17) is 22.1 Å². The Bertz CT molecular complexity index is 632. The Balaban J connectivity index is 1.94. The average molecular weight is 309 g/mol. The fraction of sp³-hybridized carbons (Fsp3) is 0.133. The molecule has 21 heavy (non-hydrogen) atoms. The van der Waals surface area contributed by atoms with Crippen molar-refractivity contribution in [2.24, 2.45) is 5.73 Å². The summed E-state index contributed by atoms with van der Waals surface area (Å²) < 4.78 is 18.7. The summed E-state index contributed by atoms with van der Waals surface area (Å²) in [6.45, 7) is 0.276. The van der Waals surface area contributed by atoms with Crippen molar-refractivity contribution in [1.82, 2.24) is 0 Å². The number of carbonyl (C=O) groups is 1. The predicted molar refractivity (Wildman–Crippen MR) is 79.9 cm³/mol. The van der Waals surface area contributed by atoms with E-state index < -0.39 is 5.91 Å². The normalized spacial score (nSPS) is 10.2. The second-order valence-corrected chi connectivity index (χ2v) is 4.81. The van der Waals surface area contributed by atoms with Crippen LogP contribution < -0.4 is 15.8 Å². The minimum atomic E-state index is -0.530. The first-order valence-corrected chi connectivity index (χ1v) is 6.61. The third-order valence-electron chi connectivity index (χ3n) is 2.72. The lowest BCUT2D eigenvalue weighted by Crippen LogP contribution is -2.19. The molecule has 3 N–H and O–H groups in total. The smallest absolute Gasteiger partial charge is 0.255 e. The zero-order valence-corrected chi connectivity index (χ0v) is 11.9. The van der Waals surface area contributed by atoms with Crippen LogP contribution in [0.4, 0.5) is 10.1 Å². The van der Waals surface area contributed by atoms with Gasteiger partial charge in [0.2, 0.25) is 0 Å². The maximum absolute atomic E-state index is 13.5. The van der Waals surface area contributed by atoms with Gasteiger partial charge in [0.1, 0.15) is 11.6 Å². The van der Waals surface area contributed by atoms with E-state index in [2.05, 4.69) is 5.32 Å². The number of rotatable bonds is 6. The molecule has 0 aliphatic carbocycles. The van der Waals surface area contributed by atoms with Crippen molar-refractivity contribution in [3.8, 4) is 5.75 Å². The molecule has 0 fully saturated rings. The van der Waals surface area contributed by atoms with Crippen molar-refractivity contribution >= 4 is 23.2 Å². The molecule has 2 aromatic rings. The van der Waals surface area contributed by atoms with Gasteiger partial charge in [0.05, 0.1) is 5.69 Å². The lowest BCUT2D eigenvalue weighted by atomic mass is 10.2. The maximum atomic E-state index is 13.5. The molecular weight excluding hydrogens is 295 g/mol. The Hall–Kier alpha value is -2.27. The van der Waals surface area contributed by atoms with E-state index in [9.17, 15) is 9.18 Å². The molecule has 4 nitrogen and oxygen atoms in total. The summed E-state index contributed by atoms with van der Waals surface area (Å²) in [6.07, 6.45) is 0. The number of hydrogen-bond acceptors (Lipinski definition) is 3. The number of hydrogen-bond donors (Lipinski definition) is 2. The van der Waals surface area contributed by atoms with Crippen molar-refractivity contribution < 1.29 is 13.9 Å². The fourth-order valence-corrected chi connectivity index (χ4v) is 1.86. The summed E-state index contributed by atoms with van der Waals surface area (Å²) >= 11 is 5.82. The Kier molecular flexibility index (Phi) is 5.00. The molecule has 2 aromatic carbocycles. The molecule has 0 heterocycles. The number of primary amides is 1. The van der Waals surface area contributed by atoms with E-state index in [1.807, 2.05) is 12.1 Å². The SMILES string of the molecule is NC(=O)COc1ccc(CNc2cc(Cl)ccc2F)cc1. The summed E-state index contributed by atoms with van der Waals surface area (Å²) in [6, 6.07) is 11.4. The number of nitrogens with two attached hydrogens (primary N) is 1. The topological polar surface area (TPSA) is 64.4 Å². The van der Waals surface area contributed by atoms with E-state index in [0.717, 1.165) is 5.56 Å².